The van der Waals surface area contributed by atoms with Crippen molar-refractivity contribution >= 4 is 19.4 Å². The zero-order valence-corrected chi connectivity index (χ0v) is 18.3. The van der Waals surface area contributed by atoms with Crippen LogP contribution in [-0.2, 0) is 4.74 Å². The number of nitrogens with one attached hydrogen (secondary N) is 1. The second-order valence-electron chi connectivity index (χ2n) is 8.75. The van der Waals surface area contributed by atoms with E-state index in [2.05, 4.69) is 86.8 Å². The van der Waals surface area contributed by atoms with E-state index in [-0.39, 0.29) is 11.8 Å². The molecule has 2 aromatic carbocycles. The van der Waals surface area contributed by atoms with Crippen LogP contribution in [0.3, 0.4) is 0 Å². The van der Waals surface area contributed by atoms with Gasteiger partial charge in [0.15, 0.2) is 0 Å². The summed E-state index contributed by atoms with van der Waals surface area (Å²) in [4.78, 5) is 0.374. The number of hydrogen-bond donors (Lipinski definition) is 1. The van der Waals surface area contributed by atoms with Crippen LogP contribution in [0.25, 0.3) is 0 Å². The minimum absolute atomic E-state index is 0.0779. The average molecular weight is 428 g/mol. The van der Waals surface area contributed by atoms with Crippen LogP contribution in [0.15, 0.2) is 60.7 Å². The van der Waals surface area contributed by atoms with E-state index in [1.165, 1.54) is 29.3 Å². The number of fused-ring (bicyclic) bond motifs is 1. The van der Waals surface area contributed by atoms with Crippen LogP contribution in [0.4, 0.5) is 0 Å². The average Bonchev–Trinajstić information content (AvgIpc) is 2.66. The molecule has 2 aliphatic rings. The molecule has 1 saturated heterocycles. The predicted molar refractivity (Wildman–Crippen MR) is 113 cm³/mol. The number of hydrogen-bond acceptors (Lipinski definition) is 2. The Morgan fingerprint density at radius 2 is 1.67 bits per heavy atom. The van der Waals surface area contributed by atoms with Crippen molar-refractivity contribution in [1.29, 1.82) is 0 Å². The zero-order valence-electron chi connectivity index (χ0n) is 16.6. The van der Waals surface area contributed by atoms with E-state index < -0.39 is 0 Å². The maximum absolute atomic E-state index is 6.79. The summed E-state index contributed by atoms with van der Waals surface area (Å²) in [6.07, 6.45) is 4.27. The molecule has 4 rings (SSSR count). The fourth-order valence-corrected chi connectivity index (χ4v) is 7.17. The molecule has 0 aromatic heterocycles. The molecule has 0 bridgehead atoms. The number of ether oxygens (including phenoxy) is 1. The Hall–Kier alpha value is -1.12. The van der Waals surface area contributed by atoms with Crippen LogP contribution >= 0.6 is 0 Å². The first-order valence-corrected chi connectivity index (χ1v) is 12.1. The van der Waals surface area contributed by atoms with E-state index in [4.69, 9.17) is 4.74 Å². The Kier molecular flexibility index (Phi) is 5.75. The molecule has 0 radical (unpaired) electrons. The Bertz CT molecular complexity index is 733. The van der Waals surface area contributed by atoms with E-state index in [9.17, 15) is 0 Å². The molecule has 2 fully saturated rings. The van der Waals surface area contributed by atoms with Crippen molar-refractivity contribution < 1.29 is 4.74 Å². The van der Waals surface area contributed by atoms with Crippen molar-refractivity contribution in [3.05, 3.63) is 66.2 Å². The van der Waals surface area contributed by atoms with Gasteiger partial charge in [0.05, 0.1) is 0 Å². The van der Waals surface area contributed by atoms with Crippen molar-refractivity contribution in [2.45, 2.75) is 62.7 Å². The number of benzene rings is 2. The molecule has 2 nitrogen and oxygen atoms in total. The van der Waals surface area contributed by atoms with E-state index in [1.54, 1.807) is 0 Å². The molecule has 144 valence electrons. The van der Waals surface area contributed by atoms with E-state index in [1.807, 2.05) is 0 Å². The third kappa shape index (κ3) is 4.32. The van der Waals surface area contributed by atoms with Gasteiger partial charge >= 0.3 is 170 Å². The van der Waals surface area contributed by atoms with Crippen LogP contribution in [0.2, 0.25) is 0 Å². The summed E-state index contributed by atoms with van der Waals surface area (Å²) in [7, 11) is 0. The molecule has 0 spiro atoms. The molecule has 1 N–H and O–H groups in total. The van der Waals surface area contributed by atoms with Crippen molar-refractivity contribution in [1.82, 2.24) is 5.32 Å². The van der Waals surface area contributed by atoms with Crippen LogP contribution < -0.4 is 9.78 Å². The van der Waals surface area contributed by atoms with Crippen molar-refractivity contribution in [2.75, 3.05) is 0 Å². The summed E-state index contributed by atoms with van der Waals surface area (Å²) in [6.45, 7) is 7.15. The van der Waals surface area contributed by atoms with Crippen molar-refractivity contribution in [3.63, 3.8) is 0 Å². The summed E-state index contributed by atoms with van der Waals surface area (Å²) in [5, 5.41) is 3.92. The molecule has 5 atom stereocenters. The molecule has 1 heterocycles. The molecule has 27 heavy (non-hydrogen) atoms. The summed E-state index contributed by atoms with van der Waals surface area (Å²) in [6, 6.07) is 21.9. The van der Waals surface area contributed by atoms with Gasteiger partial charge in [-0.3, -0.25) is 0 Å². The van der Waals surface area contributed by atoms with Crippen LogP contribution in [0.1, 0.15) is 50.4 Å². The molecule has 1 aliphatic carbocycles. The fraction of sp³-hybridized carbons (Fsp3) is 0.500. The molecular weight excluding hydrogens is 397 g/mol. The van der Waals surface area contributed by atoms with Gasteiger partial charge in [-0.2, -0.15) is 0 Å². The van der Waals surface area contributed by atoms with Gasteiger partial charge in [0, 0.05) is 0 Å². The minimum atomic E-state index is 0.0779. The van der Waals surface area contributed by atoms with Gasteiger partial charge in [-0.15, -0.1) is 0 Å². The third-order valence-electron chi connectivity index (χ3n) is 6.23. The normalized spacial score (nSPS) is 31.1. The molecular formula is C24H31NOSe. The van der Waals surface area contributed by atoms with Gasteiger partial charge < -0.3 is 0 Å². The molecule has 0 amide bonds. The van der Waals surface area contributed by atoms with Gasteiger partial charge in [0.25, 0.3) is 0 Å². The van der Waals surface area contributed by atoms with E-state index in [0.29, 0.717) is 31.8 Å². The molecule has 1 unspecified atom stereocenters. The molecule has 1 aliphatic heterocycles. The summed E-state index contributed by atoms with van der Waals surface area (Å²) < 4.78 is 8.22. The van der Waals surface area contributed by atoms with Gasteiger partial charge in [-0.25, -0.2) is 0 Å². The second kappa shape index (κ2) is 8.09. The van der Waals surface area contributed by atoms with Crippen LogP contribution in [-0.4, -0.2) is 32.8 Å². The first-order chi connectivity index (χ1) is 13.0. The first kappa shape index (κ1) is 19.2. The van der Waals surface area contributed by atoms with Crippen LogP contribution in [0, 0.1) is 11.8 Å². The number of rotatable bonds is 4. The SMILES string of the molecule is C[C@@H]1CC[C@@H]2[C@@H](C1)O[C@@H](C([Se]c1ccccc1)c1ccccc1)NC2(C)C. The molecule has 1 saturated carbocycles. The van der Waals surface area contributed by atoms with Crippen LogP contribution in [0.5, 0.6) is 0 Å². The Morgan fingerprint density at radius 3 is 2.37 bits per heavy atom. The van der Waals surface area contributed by atoms with Gasteiger partial charge in [-0.1, -0.05) is 0 Å². The van der Waals surface area contributed by atoms with E-state index in [0.717, 1.165) is 5.92 Å². The second-order valence-corrected chi connectivity index (χ2v) is 11.3. The predicted octanol–water partition coefficient (Wildman–Crippen LogP) is 4.29. The van der Waals surface area contributed by atoms with Crippen molar-refractivity contribution in [2.24, 2.45) is 11.8 Å². The zero-order chi connectivity index (χ0) is 18.9. The Labute approximate surface area is 170 Å². The third-order valence-corrected chi connectivity index (χ3v) is 8.99. The van der Waals surface area contributed by atoms with Crippen molar-refractivity contribution in [3.8, 4) is 0 Å². The van der Waals surface area contributed by atoms with E-state index >= 15 is 0 Å². The Morgan fingerprint density at radius 1 is 1.00 bits per heavy atom. The fourth-order valence-electron chi connectivity index (χ4n) is 4.74. The quantitative estimate of drug-likeness (QED) is 0.734. The first-order valence-electron chi connectivity index (χ1n) is 10.2. The maximum atomic E-state index is 6.79. The molecule has 3 heteroatoms. The standard InChI is InChI=1S/C24H31NOSe/c1-17-14-15-20-21(16-17)26-23(25-24(20,2)3)22(18-10-6-4-7-11-18)27-19-12-8-5-9-13-19/h4-13,17,20-23,25H,14-16H2,1-3H3/t17-,20-,21-,22?,23+/m1/s1. The monoisotopic (exact) mass is 429 g/mol. The van der Waals surface area contributed by atoms with Gasteiger partial charge in [0.2, 0.25) is 0 Å². The van der Waals surface area contributed by atoms with Gasteiger partial charge in [-0.05, 0) is 0 Å². The van der Waals surface area contributed by atoms with Gasteiger partial charge in [0.1, 0.15) is 0 Å². The summed E-state index contributed by atoms with van der Waals surface area (Å²) in [5.74, 6) is 1.39. The Balaban J connectivity index is 1.63. The molecule has 2 aromatic rings. The topological polar surface area (TPSA) is 21.3 Å². The summed E-state index contributed by atoms with van der Waals surface area (Å²) in [5.41, 5.74) is 1.50. The summed E-state index contributed by atoms with van der Waals surface area (Å²) >= 11 is 0.309.